The minimum absolute atomic E-state index is 0.00115. The Hall–Kier alpha value is -6.52. The van der Waals surface area contributed by atoms with E-state index in [1.54, 1.807) is 0 Å². The standard InChI is InChI=1S/C46H30N4/c1-2-12-32(13-3-1)49-44-38-18-7-5-15-34(38)33-14-4-6-17-37(33)43(44)48-45(49)30-24-22-29(23-25-30)31-26-27-35-36-16-8-10-20-41(36)50-42-21-11-9-19-40(42)47-46(50)39(35)28-31/h1-28,43-44H. The Bertz CT molecular complexity index is 2830. The summed E-state index contributed by atoms with van der Waals surface area (Å²) < 4.78 is 2.31. The summed E-state index contributed by atoms with van der Waals surface area (Å²) in [5.74, 6) is 1.00. The van der Waals surface area contributed by atoms with E-state index < -0.39 is 0 Å². The lowest BCUT2D eigenvalue weighted by molar-refractivity contribution is 0.604. The van der Waals surface area contributed by atoms with Gasteiger partial charge in [-0.25, -0.2) is 4.98 Å². The van der Waals surface area contributed by atoms with E-state index in [-0.39, 0.29) is 12.1 Å². The van der Waals surface area contributed by atoms with E-state index in [0.717, 1.165) is 50.3 Å². The molecule has 2 atom stereocenters. The highest BCUT2D eigenvalue weighted by molar-refractivity contribution is 6.15. The van der Waals surface area contributed by atoms with Gasteiger partial charge in [-0.1, -0.05) is 133 Å². The Morgan fingerprint density at radius 1 is 0.460 bits per heavy atom. The minimum atomic E-state index is -0.00115. The van der Waals surface area contributed by atoms with E-state index in [9.17, 15) is 0 Å². The summed E-state index contributed by atoms with van der Waals surface area (Å²) in [5, 5.41) is 3.59. The van der Waals surface area contributed by atoms with Crippen LogP contribution in [0.1, 0.15) is 28.8 Å². The molecule has 0 bridgehead atoms. The van der Waals surface area contributed by atoms with E-state index in [4.69, 9.17) is 9.98 Å². The van der Waals surface area contributed by atoms with Crippen molar-refractivity contribution in [2.45, 2.75) is 12.1 Å². The molecule has 7 aromatic carbocycles. The van der Waals surface area contributed by atoms with Crippen LogP contribution in [-0.4, -0.2) is 15.2 Å². The van der Waals surface area contributed by atoms with Crippen LogP contribution in [0.5, 0.6) is 0 Å². The lowest BCUT2D eigenvalue weighted by Crippen LogP contribution is -2.33. The zero-order valence-electron chi connectivity index (χ0n) is 27.1. The molecule has 2 aromatic heterocycles. The lowest BCUT2D eigenvalue weighted by atomic mass is 9.79. The van der Waals surface area contributed by atoms with Crippen LogP contribution in [-0.2, 0) is 0 Å². The Balaban J connectivity index is 1.05. The molecule has 2 aliphatic rings. The molecule has 11 rings (SSSR count). The second kappa shape index (κ2) is 10.5. The third-order valence-corrected chi connectivity index (χ3v) is 10.7. The van der Waals surface area contributed by atoms with Crippen LogP contribution in [0, 0.1) is 0 Å². The molecule has 0 spiro atoms. The fourth-order valence-electron chi connectivity index (χ4n) is 8.47. The summed E-state index contributed by atoms with van der Waals surface area (Å²) >= 11 is 0. The molecule has 234 valence electrons. The molecular weight excluding hydrogens is 609 g/mol. The summed E-state index contributed by atoms with van der Waals surface area (Å²) in [6.45, 7) is 0. The maximum Gasteiger partial charge on any atom is 0.146 e. The molecule has 1 aliphatic heterocycles. The van der Waals surface area contributed by atoms with Crippen LogP contribution in [0.15, 0.2) is 175 Å². The Morgan fingerprint density at radius 3 is 1.94 bits per heavy atom. The van der Waals surface area contributed by atoms with Gasteiger partial charge in [-0.2, -0.15) is 0 Å². The number of pyridine rings is 1. The van der Waals surface area contributed by atoms with Crippen LogP contribution >= 0.6 is 0 Å². The molecule has 4 heteroatoms. The van der Waals surface area contributed by atoms with Crippen molar-refractivity contribution in [2.75, 3.05) is 4.90 Å². The van der Waals surface area contributed by atoms with Gasteiger partial charge in [0.05, 0.1) is 22.6 Å². The largest absolute Gasteiger partial charge is 0.316 e. The number of hydrogen-bond donors (Lipinski definition) is 0. The number of amidine groups is 1. The van der Waals surface area contributed by atoms with Crippen LogP contribution in [0.3, 0.4) is 0 Å². The molecular formula is C46H30N4. The van der Waals surface area contributed by atoms with Gasteiger partial charge in [-0.05, 0) is 75.2 Å². The molecule has 0 radical (unpaired) electrons. The van der Waals surface area contributed by atoms with Crippen molar-refractivity contribution in [3.8, 4) is 22.3 Å². The SMILES string of the molecule is c1ccc(N2C(c3ccc(-c4ccc5c6ccccc6n6c7ccccc7nc6c5c4)cc3)=NC3c4ccccc4-c4ccccc4C32)cc1. The molecule has 4 nitrogen and oxygen atoms in total. The van der Waals surface area contributed by atoms with Crippen molar-refractivity contribution in [1.82, 2.24) is 9.38 Å². The molecule has 3 heterocycles. The smallest absolute Gasteiger partial charge is 0.146 e. The molecule has 9 aromatic rings. The number of anilines is 1. The van der Waals surface area contributed by atoms with Crippen molar-refractivity contribution >= 4 is 49.9 Å². The van der Waals surface area contributed by atoms with Crippen molar-refractivity contribution in [1.29, 1.82) is 0 Å². The van der Waals surface area contributed by atoms with Gasteiger partial charge in [0.2, 0.25) is 0 Å². The molecule has 0 saturated carbocycles. The first-order chi connectivity index (χ1) is 24.8. The highest BCUT2D eigenvalue weighted by Crippen LogP contribution is 2.53. The van der Waals surface area contributed by atoms with Crippen molar-refractivity contribution in [3.05, 3.63) is 187 Å². The number of benzene rings is 7. The minimum Gasteiger partial charge on any atom is -0.316 e. The molecule has 50 heavy (non-hydrogen) atoms. The summed E-state index contributed by atoms with van der Waals surface area (Å²) in [6, 6.07) is 61.3. The lowest BCUT2D eigenvalue weighted by Gasteiger charge is -2.36. The van der Waals surface area contributed by atoms with Crippen LogP contribution in [0.2, 0.25) is 0 Å². The number of nitrogens with zero attached hydrogens (tertiary/aromatic N) is 4. The van der Waals surface area contributed by atoms with E-state index in [1.807, 2.05) is 0 Å². The summed E-state index contributed by atoms with van der Waals surface area (Å²) in [5.41, 5.74) is 14.0. The highest BCUT2D eigenvalue weighted by Gasteiger charge is 2.44. The van der Waals surface area contributed by atoms with Gasteiger partial charge in [0.25, 0.3) is 0 Å². The number of aliphatic imine (C=N–C) groups is 1. The third-order valence-electron chi connectivity index (χ3n) is 10.7. The van der Waals surface area contributed by atoms with Gasteiger partial charge in [0.15, 0.2) is 0 Å². The van der Waals surface area contributed by atoms with Crippen molar-refractivity contribution in [3.63, 3.8) is 0 Å². The van der Waals surface area contributed by atoms with E-state index in [2.05, 4.69) is 179 Å². The molecule has 2 unspecified atom stereocenters. The number of rotatable bonds is 3. The number of hydrogen-bond acceptors (Lipinski definition) is 3. The zero-order valence-corrected chi connectivity index (χ0v) is 27.1. The van der Waals surface area contributed by atoms with Gasteiger partial charge in [0, 0.05) is 22.0 Å². The first kappa shape index (κ1) is 27.4. The molecule has 1 aliphatic carbocycles. The second-order valence-corrected chi connectivity index (χ2v) is 13.3. The Morgan fingerprint density at radius 2 is 1.10 bits per heavy atom. The fourth-order valence-corrected chi connectivity index (χ4v) is 8.47. The number of para-hydroxylation sites is 4. The van der Waals surface area contributed by atoms with Crippen LogP contribution in [0.25, 0.3) is 60.6 Å². The van der Waals surface area contributed by atoms with Gasteiger partial charge in [-0.3, -0.25) is 9.39 Å². The normalized spacial score (nSPS) is 16.5. The maximum absolute atomic E-state index is 5.54. The monoisotopic (exact) mass is 638 g/mol. The zero-order chi connectivity index (χ0) is 32.8. The summed E-state index contributed by atoms with van der Waals surface area (Å²) in [4.78, 5) is 13.1. The van der Waals surface area contributed by atoms with Gasteiger partial charge in [0.1, 0.15) is 17.5 Å². The van der Waals surface area contributed by atoms with Gasteiger partial charge < -0.3 is 4.90 Å². The van der Waals surface area contributed by atoms with Gasteiger partial charge in [-0.15, -0.1) is 0 Å². The number of aromatic nitrogens is 2. The molecule has 0 N–H and O–H groups in total. The summed E-state index contributed by atoms with van der Waals surface area (Å²) in [6.07, 6.45) is 0. The van der Waals surface area contributed by atoms with Gasteiger partial charge >= 0.3 is 0 Å². The maximum atomic E-state index is 5.54. The average Bonchev–Trinajstić information content (AvgIpc) is 3.79. The highest BCUT2D eigenvalue weighted by atomic mass is 15.3. The number of imidazole rings is 1. The quantitative estimate of drug-likeness (QED) is 0.180. The van der Waals surface area contributed by atoms with Crippen LogP contribution in [0.4, 0.5) is 5.69 Å². The average molecular weight is 639 g/mol. The van der Waals surface area contributed by atoms with Crippen molar-refractivity contribution < 1.29 is 0 Å². The van der Waals surface area contributed by atoms with Crippen LogP contribution < -0.4 is 4.90 Å². The second-order valence-electron chi connectivity index (χ2n) is 13.3. The molecule has 0 saturated heterocycles. The molecule has 0 fully saturated rings. The van der Waals surface area contributed by atoms with E-state index >= 15 is 0 Å². The fraction of sp³-hybridized carbons (Fsp3) is 0.0435. The number of fused-ring (bicyclic) bond motifs is 14. The van der Waals surface area contributed by atoms with E-state index in [1.165, 1.54) is 38.5 Å². The Labute approximate surface area is 289 Å². The van der Waals surface area contributed by atoms with E-state index in [0.29, 0.717) is 0 Å². The summed E-state index contributed by atoms with van der Waals surface area (Å²) in [7, 11) is 0. The van der Waals surface area contributed by atoms with Crippen molar-refractivity contribution in [2.24, 2.45) is 4.99 Å². The first-order valence-corrected chi connectivity index (χ1v) is 17.2. The molecule has 0 amide bonds. The first-order valence-electron chi connectivity index (χ1n) is 17.2. The topological polar surface area (TPSA) is 32.9 Å². The predicted octanol–water partition coefficient (Wildman–Crippen LogP) is 11.2. The Kier molecular flexibility index (Phi) is 5.75. The third kappa shape index (κ3) is 3.87. The predicted molar refractivity (Wildman–Crippen MR) is 206 cm³/mol.